The number of benzene rings is 1. The van der Waals surface area contributed by atoms with Gasteiger partial charge in [-0.3, -0.25) is 4.79 Å². The molecule has 0 aliphatic carbocycles. The fraction of sp³-hybridized carbons (Fsp3) is 0.357. The maximum atomic E-state index is 10.6. The molecule has 1 heterocycles. The van der Waals surface area contributed by atoms with Gasteiger partial charge in [0.25, 0.3) is 0 Å². The summed E-state index contributed by atoms with van der Waals surface area (Å²) in [6.07, 6.45) is 0.868. The molecule has 2 rings (SSSR count). The molecule has 8 heteroatoms. The molecule has 2 aromatic rings. The van der Waals surface area contributed by atoms with Crippen molar-refractivity contribution in [2.45, 2.75) is 25.1 Å². The molecule has 0 unspecified atom stereocenters. The molecule has 0 aliphatic rings. The third-order valence-corrected chi connectivity index (χ3v) is 4.51. The number of aryl methyl sites for hydroxylation is 1. The van der Waals surface area contributed by atoms with E-state index in [1.54, 1.807) is 11.6 Å². The summed E-state index contributed by atoms with van der Waals surface area (Å²) < 4.78 is 8.58. The van der Waals surface area contributed by atoms with Gasteiger partial charge in [-0.05, 0) is 30.2 Å². The van der Waals surface area contributed by atoms with Gasteiger partial charge in [0.1, 0.15) is 12.4 Å². The lowest BCUT2D eigenvalue weighted by atomic mass is 10.1. The highest BCUT2D eigenvalue weighted by molar-refractivity contribution is 9.10. The molecule has 1 aromatic carbocycles. The van der Waals surface area contributed by atoms with E-state index in [0.717, 1.165) is 34.0 Å². The van der Waals surface area contributed by atoms with E-state index in [9.17, 15) is 4.79 Å². The number of rotatable bonds is 7. The van der Waals surface area contributed by atoms with Crippen LogP contribution in [-0.4, -0.2) is 31.6 Å². The quantitative estimate of drug-likeness (QED) is 0.738. The zero-order valence-electron chi connectivity index (χ0n) is 12.2. The molecule has 1 aromatic heterocycles. The Kier molecular flexibility index (Phi) is 5.84. The lowest BCUT2D eigenvalue weighted by molar-refractivity contribution is -0.133. The van der Waals surface area contributed by atoms with Crippen molar-refractivity contribution in [3.8, 4) is 5.75 Å². The number of carboxylic acids is 1. The van der Waals surface area contributed by atoms with Crippen LogP contribution in [0.2, 0.25) is 0 Å². The number of carboxylic acid groups (broad SMARTS) is 1. The van der Waals surface area contributed by atoms with E-state index in [1.165, 1.54) is 0 Å². The van der Waals surface area contributed by atoms with Crippen LogP contribution in [0.25, 0.3) is 0 Å². The first-order chi connectivity index (χ1) is 10.5. The average molecular weight is 386 g/mol. The van der Waals surface area contributed by atoms with Gasteiger partial charge in [0.2, 0.25) is 0 Å². The first-order valence-electron chi connectivity index (χ1n) is 6.65. The molecule has 0 radical (unpaired) electrons. The normalized spacial score (nSPS) is 10.7. The van der Waals surface area contributed by atoms with Crippen LogP contribution in [0, 0.1) is 0 Å². The van der Waals surface area contributed by atoms with Gasteiger partial charge in [-0.2, -0.15) is 0 Å². The van der Waals surface area contributed by atoms with E-state index < -0.39 is 5.97 Å². The van der Waals surface area contributed by atoms with Crippen molar-refractivity contribution in [1.82, 2.24) is 14.8 Å². The van der Waals surface area contributed by atoms with Crippen molar-refractivity contribution in [1.29, 1.82) is 0 Å². The minimum absolute atomic E-state index is 0.0421. The lowest BCUT2D eigenvalue weighted by Crippen LogP contribution is -2.06. The summed E-state index contributed by atoms with van der Waals surface area (Å²) in [6.45, 7) is 2.35. The second kappa shape index (κ2) is 7.64. The van der Waals surface area contributed by atoms with Crippen LogP contribution in [0.15, 0.2) is 27.8 Å². The Labute approximate surface area is 141 Å². The largest absolute Gasteiger partial charge is 0.485 e. The van der Waals surface area contributed by atoms with Gasteiger partial charge < -0.3 is 14.4 Å². The summed E-state index contributed by atoms with van der Waals surface area (Å²) in [7, 11) is 1.80. The highest BCUT2D eigenvalue weighted by atomic mass is 79.9. The predicted molar refractivity (Wildman–Crippen MR) is 87.2 cm³/mol. The first-order valence-corrected chi connectivity index (χ1v) is 8.43. The second-order valence-corrected chi connectivity index (χ2v) is 6.39. The van der Waals surface area contributed by atoms with Crippen molar-refractivity contribution in [2.75, 3.05) is 5.75 Å². The number of hydrogen-bond acceptors (Lipinski definition) is 5. The van der Waals surface area contributed by atoms with Crippen LogP contribution in [0.1, 0.15) is 18.3 Å². The zero-order chi connectivity index (χ0) is 16.1. The van der Waals surface area contributed by atoms with Crippen molar-refractivity contribution in [3.63, 3.8) is 0 Å². The number of hydrogen-bond donors (Lipinski definition) is 1. The Morgan fingerprint density at radius 3 is 2.91 bits per heavy atom. The summed E-state index contributed by atoms with van der Waals surface area (Å²) in [5.74, 6) is 0.541. The predicted octanol–water partition coefficient (Wildman–Crippen LogP) is 2.90. The molecule has 0 saturated heterocycles. The van der Waals surface area contributed by atoms with E-state index in [0.29, 0.717) is 11.0 Å². The van der Waals surface area contributed by atoms with Gasteiger partial charge in [0.05, 0.1) is 5.75 Å². The van der Waals surface area contributed by atoms with Gasteiger partial charge in [-0.25, -0.2) is 0 Å². The second-order valence-electron chi connectivity index (χ2n) is 4.53. The topological polar surface area (TPSA) is 77.2 Å². The SMILES string of the molecule is CCc1cc(Br)ccc1OCc1nnc(SCC(=O)O)n1C. The van der Waals surface area contributed by atoms with Gasteiger partial charge >= 0.3 is 5.97 Å². The van der Waals surface area contributed by atoms with Crippen molar-refractivity contribution in [2.24, 2.45) is 7.05 Å². The smallest absolute Gasteiger partial charge is 0.313 e. The van der Waals surface area contributed by atoms with Crippen LogP contribution in [0.5, 0.6) is 5.75 Å². The Bertz CT molecular complexity index is 675. The summed E-state index contributed by atoms with van der Waals surface area (Å²) >= 11 is 4.58. The molecule has 118 valence electrons. The minimum atomic E-state index is -0.881. The number of aromatic nitrogens is 3. The van der Waals surface area contributed by atoms with E-state index in [4.69, 9.17) is 9.84 Å². The molecular weight excluding hydrogens is 370 g/mol. The molecule has 0 spiro atoms. The number of halogens is 1. The molecule has 0 saturated carbocycles. The minimum Gasteiger partial charge on any atom is -0.485 e. The lowest BCUT2D eigenvalue weighted by Gasteiger charge is -2.10. The van der Waals surface area contributed by atoms with Gasteiger partial charge in [0, 0.05) is 11.5 Å². The Balaban J connectivity index is 2.04. The summed E-state index contributed by atoms with van der Waals surface area (Å²) in [5, 5.41) is 17.3. The average Bonchev–Trinajstić information content (AvgIpc) is 2.84. The third-order valence-electron chi connectivity index (χ3n) is 3.01. The molecule has 22 heavy (non-hydrogen) atoms. The van der Waals surface area contributed by atoms with Gasteiger partial charge in [0.15, 0.2) is 11.0 Å². The van der Waals surface area contributed by atoms with Crippen LogP contribution < -0.4 is 4.74 Å². The third kappa shape index (κ3) is 4.23. The molecule has 6 nitrogen and oxygen atoms in total. The number of thioether (sulfide) groups is 1. The molecule has 0 amide bonds. The number of carbonyl (C=O) groups is 1. The highest BCUT2D eigenvalue weighted by Crippen LogP contribution is 2.24. The summed E-state index contributed by atoms with van der Waals surface area (Å²) in [6, 6.07) is 5.87. The molecule has 0 bridgehead atoms. The van der Waals surface area contributed by atoms with Crippen LogP contribution in [-0.2, 0) is 24.9 Å². The van der Waals surface area contributed by atoms with Gasteiger partial charge in [-0.15, -0.1) is 10.2 Å². The summed E-state index contributed by atoms with van der Waals surface area (Å²) in [5.41, 5.74) is 1.11. The van der Waals surface area contributed by atoms with Crippen molar-refractivity contribution >= 4 is 33.7 Å². The molecule has 0 atom stereocenters. The fourth-order valence-corrected chi connectivity index (χ4v) is 2.89. The van der Waals surface area contributed by atoms with E-state index in [-0.39, 0.29) is 12.4 Å². The van der Waals surface area contributed by atoms with E-state index in [2.05, 4.69) is 33.1 Å². The van der Waals surface area contributed by atoms with Gasteiger partial charge in [-0.1, -0.05) is 34.6 Å². The maximum absolute atomic E-state index is 10.6. The Morgan fingerprint density at radius 1 is 1.45 bits per heavy atom. The Hall–Kier alpha value is -1.54. The molecule has 1 N–H and O–H groups in total. The zero-order valence-corrected chi connectivity index (χ0v) is 14.6. The molecular formula is C14H16BrN3O3S. The van der Waals surface area contributed by atoms with E-state index >= 15 is 0 Å². The fourth-order valence-electron chi connectivity index (χ4n) is 1.83. The van der Waals surface area contributed by atoms with E-state index in [1.807, 2.05) is 18.2 Å². The maximum Gasteiger partial charge on any atom is 0.313 e. The number of ether oxygens (including phenoxy) is 1. The number of aliphatic carboxylic acids is 1. The first kappa shape index (κ1) is 16.8. The molecule has 0 aliphatic heterocycles. The van der Waals surface area contributed by atoms with Crippen LogP contribution in [0.3, 0.4) is 0 Å². The summed E-state index contributed by atoms with van der Waals surface area (Å²) in [4.78, 5) is 10.6. The standard InChI is InChI=1S/C14H16BrN3O3S/c1-3-9-6-10(15)4-5-11(9)21-7-12-16-17-14(18(12)2)22-8-13(19)20/h4-6H,3,7-8H2,1-2H3,(H,19,20). The number of nitrogens with zero attached hydrogens (tertiary/aromatic N) is 3. The molecule has 0 fully saturated rings. The van der Waals surface area contributed by atoms with Crippen molar-refractivity contribution in [3.05, 3.63) is 34.1 Å². The van der Waals surface area contributed by atoms with Crippen LogP contribution >= 0.6 is 27.7 Å². The monoisotopic (exact) mass is 385 g/mol. The highest BCUT2D eigenvalue weighted by Gasteiger charge is 2.12. The van der Waals surface area contributed by atoms with Crippen LogP contribution in [0.4, 0.5) is 0 Å². The Morgan fingerprint density at radius 2 is 2.23 bits per heavy atom. The van der Waals surface area contributed by atoms with Crippen molar-refractivity contribution < 1.29 is 14.6 Å².